The number of nitrogens with one attached hydrogen (secondary N) is 1. The van der Waals surface area contributed by atoms with Gasteiger partial charge < -0.3 is 86.2 Å². The zero-order chi connectivity index (χ0) is 50.6. The van der Waals surface area contributed by atoms with Crippen molar-refractivity contribution in [3.8, 4) is 0 Å². The zero-order valence-corrected chi connectivity index (χ0v) is 39.5. The summed E-state index contributed by atoms with van der Waals surface area (Å²) in [7, 11) is 0. The van der Waals surface area contributed by atoms with Crippen LogP contribution in [-0.2, 0) is 28.5 Å². The number of allylic oxidation sites excluding steroid dienone is 12. The lowest BCUT2D eigenvalue weighted by Gasteiger charge is -2.46. The van der Waals surface area contributed by atoms with E-state index in [1.807, 2.05) is 31.2 Å². The first-order valence-corrected chi connectivity index (χ1v) is 23.5. The third kappa shape index (κ3) is 19.7. The van der Waals surface area contributed by atoms with Crippen molar-refractivity contribution < 1.29 is 84.7 Å². The van der Waals surface area contributed by atoms with Gasteiger partial charge in [-0.15, -0.1) is 0 Å². The number of aliphatic hydroxyl groups excluding tert-OH is 10. The number of fused-ring (bicyclic) bond motifs is 2. The van der Waals surface area contributed by atoms with Crippen LogP contribution in [0.5, 0.6) is 0 Å². The molecule has 0 aliphatic carbocycles. The van der Waals surface area contributed by atoms with Crippen molar-refractivity contribution in [3.05, 3.63) is 85.1 Å². The molecule has 3 aliphatic heterocycles. The molecule has 386 valence electrons. The largest absolute Gasteiger partial charge is 0.462 e. The van der Waals surface area contributed by atoms with E-state index in [-0.39, 0.29) is 38.1 Å². The summed E-state index contributed by atoms with van der Waals surface area (Å²) in [6, 6.07) is -1.14. The Labute approximate surface area is 399 Å². The molecule has 0 spiro atoms. The topological polar surface area (TPSA) is 332 Å². The van der Waals surface area contributed by atoms with Gasteiger partial charge >= 0.3 is 5.97 Å². The molecule has 14 N–H and O–H groups in total. The summed E-state index contributed by atoms with van der Waals surface area (Å²) in [6.45, 7) is 6.19. The van der Waals surface area contributed by atoms with Crippen molar-refractivity contribution in [1.82, 2.24) is 5.32 Å². The number of carbonyl (C=O) groups is 2. The van der Waals surface area contributed by atoms with Crippen LogP contribution in [0.15, 0.2) is 85.1 Å². The van der Waals surface area contributed by atoms with Crippen LogP contribution >= 0.6 is 0 Å². The highest BCUT2D eigenvalue weighted by Gasteiger charge is 2.51. The lowest BCUT2D eigenvalue weighted by Crippen LogP contribution is -2.62. The van der Waals surface area contributed by atoms with Crippen LogP contribution < -0.4 is 11.1 Å². The minimum absolute atomic E-state index is 0.104. The van der Waals surface area contributed by atoms with Gasteiger partial charge in [0.25, 0.3) is 0 Å². The fourth-order valence-corrected chi connectivity index (χ4v) is 8.29. The Kier molecular flexibility index (Phi) is 25.6. The normalized spacial score (nSPS) is 44.0. The number of ether oxygens (including phenoxy) is 4. The van der Waals surface area contributed by atoms with Crippen molar-refractivity contribution in [2.24, 2.45) is 23.5 Å². The van der Waals surface area contributed by atoms with Crippen LogP contribution in [0.4, 0.5) is 0 Å². The maximum absolute atomic E-state index is 13.4. The molecule has 2 saturated heterocycles. The second-order valence-electron chi connectivity index (χ2n) is 18.2. The number of aliphatic hydroxyl groups is 11. The van der Waals surface area contributed by atoms with E-state index in [9.17, 15) is 65.8 Å². The van der Waals surface area contributed by atoms with E-state index < -0.39 is 153 Å². The van der Waals surface area contributed by atoms with Crippen LogP contribution in [-0.4, -0.2) is 179 Å². The van der Waals surface area contributed by atoms with Crippen molar-refractivity contribution in [2.45, 2.75) is 177 Å². The van der Waals surface area contributed by atoms with Crippen molar-refractivity contribution in [2.75, 3.05) is 13.2 Å². The summed E-state index contributed by atoms with van der Waals surface area (Å²) in [5.74, 6) is -5.83. The molecular weight excluding hydrogens is 889 g/mol. The van der Waals surface area contributed by atoms with E-state index in [2.05, 4.69) is 5.32 Å². The van der Waals surface area contributed by atoms with Crippen LogP contribution in [0.25, 0.3) is 0 Å². The van der Waals surface area contributed by atoms with Crippen molar-refractivity contribution >= 4 is 11.9 Å². The highest BCUT2D eigenvalue weighted by molar-refractivity contribution is 5.80. The third-order valence-electron chi connectivity index (χ3n) is 12.5. The van der Waals surface area contributed by atoms with Gasteiger partial charge in [-0.1, -0.05) is 98.9 Å². The predicted molar refractivity (Wildman–Crippen MR) is 249 cm³/mol. The molecule has 0 saturated carbocycles. The fraction of sp³-hybridized carbons (Fsp3) is 0.673. The maximum atomic E-state index is 13.4. The third-order valence-corrected chi connectivity index (χ3v) is 12.5. The molecule has 3 heterocycles. The Morgan fingerprint density at radius 3 is 1.90 bits per heavy atom. The highest BCUT2D eigenvalue weighted by Crippen LogP contribution is 2.38. The van der Waals surface area contributed by atoms with Crippen molar-refractivity contribution in [1.29, 1.82) is 0 Å². The minimum Gasteiger partial charge on any atom is -0.462 e. The SMILES string of the molecule is C[C@@H]1OC(=O)CC(O)CC(O)CCC(O)C(O)CC(O)CC2(O)C[C@H](O)C(C(=O)NCCO)[C@H](CC(O[C@@H]3O[C@H](C)C(O)[C@H](N)C3O)/C=C/C=C/C=C/C=C/C=C/C=C/C=C/[C@H](C)C(O)[C@H]1C)O2. The maximum Gasteiger partial charge on any atom is 0.308 e. The molecule has 0 aromatic rings. The van der Waals surface area contributed by atoms with Gasteiger partial charge in [0.2, 0.25) is 5.91 Å². The molecule has 19 nitrogen and oxygen atoms in total. The Hall–Kier alpha value is -3.48. The first-order chi connectivity index (χ1) is 32.2. The Balaban J connectivity index is 1.91. The molecule has 3 aliphatic rings. The summed E-state index contributed by atoms with van der Waals surface area (Å²) in [6.07, 6.45) is 4.15. The molecule has 19 atom stereocenters. The molecule has 2 fully saturated rings. The van der Waals surface area contributed by atoms with E-state index in [4.69, 9.17) is 24.7 Å². The number of hydrogen-bond acceptors (Lipinski definition) is 18. The number of hydrogen-bond donors (Lipinski definition) is 13. The number of esters is 1. The molecule has 0 radical (unpaired) electrons. The monoisotopic (exact) mass is 967 g/mol. The number of carbonyl (C=O) groups excluding carboxylic acids is 2. The number of nitrogens with two attached hydrogens (primary N) is 1. The van der Waals surface area contributed by atoms with Gasteiger partial charge in [0.15, 0.2) is 12.1 Å². The van der Waals surface area contributed by atoms with Gasteiger partial charge in [0.05, 0.1) is 92.1 Å². The second kappa shape index (κ2) is 29.6. The van der Waals surface area contributed by atoms with Crippen LogP contribution in [0.2, 0.25) is 0 Å². The van der Waals surface area contributed by atoms with E-state index >= 15 is 0 Å². The van der Waals surface area contributed by atoms with E-state index in [0.29, 0.717) is 0 Å². The van der Waals surface area contributed by atoms with E-state index in [0.717, 1.165) is 0 Å². The van der Waals surface area contributed by atoms with Gasteiger partial charge in [-0.3, -0.25) is 9.59 Å². The van der Waals surface area contributed by atoms with Gasteiger partial charge in [-0.25, -0.2) is 0 Å². The summed E-state index contributed by atoms with van der Waals surface area (Å²) >= 11 is 0. The van der Waals surface area contributed by atoms with Crippen molar-refractivity contribution in [3.63, 3.8) is 0 Å². The van der Waals surface area contributed by atoms with Crippen LogP contribution in [0.3, 0.4) is 0 Å². The molecule has 0 aromatic heterocycles. The first kappa shape index (κ1) is 58.8. The molecule has 1 amide bonds. The molecule has 11 unspecified atom stereocenters. The quantitative estimate of drug-likeness (QED) is 0.158. The van der Waals surface area contributed by atoms with Gasteiger partial charge in [0.1, 0.15) is 12.2 Å². The van der Waals surface area contributed by atoms with E-state index in [1.54, 1.807) is 81.5 Å². The smallest absolute Gasteiger partial charge is 0.308 e. The second-order valence-corrected chi connectivity index (χ2v) is 18.2. The molecule has 19 heteroatoms. The highest BCUT2D eigenvalue weighted by atomic mass is 16.7. The minimum atomic E-state index is -2.30. The summed E-state index contributed by atoms with van der Waals surface area (Å²) in [4.78, 5) is 26.1. The molecule has 2 bridgehead atoms. The van der Waals surface area contributed by atoms with Gasteiger partial charge in [-0.05, 0) is 33.1 Å². The molecule has 0 aromatic carbocycles. The summed E-state index contributed by atoms with van der Waals surface area (Å²) < 4.78 is 23.5. The zero-order valence-electron chi connectivity index (χ0n) is 39.5. The van der Waals surface area contributed by atoms with Crippen LogP contribution in [0, 0.1) is 17.8 Å². The average molecular weight is 967 g/mol. The summed E-state index contributed by atoms with van der Waals surface area (Å²) in [5.41, 5.74) is 6.07. The average Bonchev–Trinajstić information content (AvgIpc) is 3.26. The number of cyclic esters (lactones) is 1. The van der Waals surface area contributed by atoms with Gasteiger partial charge in [-0.2, -0.15) is 0 Å². The number of rotatable bonds is 5. The number of amides is 1. The first-order valence-electron chi connectivity index (χ1n) is 23.5. The Morgan fingerprint density at radius 1 is 0.706 bits per heavy atom. The lowest BCUT2D eigenvalue weighted by atomic mass is 9.82. The Bertz CT molecular complexity index is 1720. The standard InChI is InChI=1S/C49H78N2O17/c1-29-17-15-13-11-9-7-5-6-8-10-12-14-16-18-36(67-48-46(62)43(50)45(61)32(4)66-48)26-40-42(47(63)51-21-22-52)39(58)28-49(64,68-40)27-35(55)24-38(57)37(56)20-19-33(53)23-34(54)25-41(59)65-31(3)30(2)44(29)60/h5-18,29-40,42-46,48,52-58,60-62,64H,19-28,50H2,1-4H3,(H,51,63)/b6-5+,9-7+,10-8+,13-11+,14-12+,17-15+,18-16+/t29-,30-,31-,32+,33?,34?,35?,36?,37?,38?,39-,40-,42?,43-,44?,45?,46?,48-,49?/m0/s1. The van der Waals surface area contributed by atoms with Crippen LogP contribution in [0.1, 0.15) is 79.1 Å². The fourth-order valence-electron chi connectivity index (χ4n) is 8.29. The Morgan fingerprint density at radius 2 is 1.29 bits per heavy atom. The van der Waals surface area contributed by atoms with E-state index in [1.165, 1.54) is 0 Å². The van der Waals surface area contributed by atoms with Gasteiger partial charge in [0, 0.05) is 44.1 Å². The molecule has 3 rings (SSSR count). The predicted octanol–water partition coefficient (Wildman–Crippen LogP) is -0.264. The molecule has 68 heavy (non-hydrogen) atoms. The lowest BCUT2D eigenvalue weighted by molar-refractivity contribution is -0.307. The molecular formula is C49H78N2O17. The summed E-state index contributed by atoms with van der Waals surface area (Å²) in [5, 5.41) is 121.